The van der Waals surface area contributed by atoms with E-state index < -0.39 is 0 Å². The highest BCUT2D eigenvalue weighted by Crippen LogP contribution is 2.20. The number of carbonyl (C=O) groups excluding carboxylic acids is 1. The Bertz CT molecular complexity index is 637. The van der Waals surface area contributed by atoms with Crippen LogP contribution in [-0.4, -0.2) is 5.78 Å². The van der Waals surface area contributed by atoms with Crippen molar-refractivity contribution < 1.29 is 13.9 Å². The molecule has 2 aromatic carbocycles. The minimum Gasteiger partial charge on any atom is -0.489 e. The van der Waals surface area contributed by atoms with E-state index in [9.17, 15) is 9.18 Å². The molecular formula is C20H23FO2. The minimum atomic E-state index is -0.280. The van der Waals surface area contributed by atoms with Gasteiger partial charge in [-0.2, -0.15) is 0 Å². The van der Waals surface area contributed by atoms with Crippen LogP contribution in [0.15, 0.2) is 48.5 Å². The average Bonchev–Trinajstić information content (AvgIpc) is 2.52. The summed E-state index contributed by atoms with van der Waals surface area (Å²) in [6.45, 7) is 6.24. The second-order valence-corrected chi connectivity index (χ2v) is 6.73. The first-order chi connectivity index (χ1) is 10.8. The van der Waals surface area contributed by atoms with Crippen LogP contribution in [0.2, 0.25) is 0 Å². The maximum absolute atomic E-state index is 12.8. The Kier molecular flexibility index (Phi) is 5.54. The van der Waals surface area contributed by atoms with E-state index in [1.54, 1.807) is 12.1 Å². The fourth-order valence-corrected chi connectivity index (χ4v) is 2.13. The molecule has 0 aliphatic carbocycles. The molecule has 0 N–H and O–H groups in total. The Labute approximate surface area is 137 Å². The topological polar surface area (TPSA) is 26.3 Å². The zero-order chi connectivity index (χ0) is 16.9. The lowest BCUT2D eigenvalue weighted by atomic mass is 9.87. The summed E-state index contributed by atoms with van der Waals surface area (Å²) in [4.78, 5) is 11.9. The van der Waals surface area contributed by atoms with Crippen LogP contribution in [0.5, 0.6) is 5.75 Å². The van der Waals surface area contributed by atoms with Crippen molar-refractivity contribution >= 4 is 5.78 Å². The second kappa shape index (κ2) is 7.40. The average molecular weight is 314 g/mol. The van der Waals surface area contributed by atoms with Gasteiger partial charge in [-0.25, -0.2) is 4.39 Å². The summed E-state index contributed by atoms with van der Waals surface area (Å²) in [7, 11) is 0. The molecule has 0 bridgehead atoms. The standard InChI is InChI=1S/C20H23FO2/c1-20(2,3)19(22)13-8-15-6-11-18(12-7-15)23-14-16-4-9-17(21)10-5-16/h4-7,9-12H,8,13-14H2,1-3H3. The molecule has 0 aromatic heterocycles. The fourth-order valence-electron chi connectivity index (χ4n) is 2.13. The van der Waals surface area contributed by atoms with Crippen molar-refractivity contribution in [3.05, 3.63) is 65.5 Å². The van der Waals surface area contributed by atoms with Gasteiger partial charge in [0, 0.05) is 11.8 Å². The van der Waals surface area contributed by atoms with Crippen LogP contribution >= 0.6 is 0 Å². The second-order valence-electron chi connectivity index (χ2n) is 6.73. The number of carbonyl (C=O) groups is 1. The third-order valence-electron chi connectivity index (χ3n) is 3.72. The summed E-state index contributed by atoms with van der Waals surface area (Å²) in [6.07, 6.45) is 1.30. The molecule has 0 fully saturated rings. The lowest BCUT2D eigenvalue weighted by molar-refractivity contribution is -0.126. The summed E-state index contributed by atoms with van der Waals surface area (Å²) >= 11 is 0. The number of hydrogen-bond donors (Lipinski definition) is 0. The molecule has 0 spiro atoms. The lowest BCUT2D eigenvalue weighted by Gasteiger charge is -2.16. The maximum Gasteiger partial charge on any atom is 0.138 e. The molecular weight excluding hydrogens is 291 g/mol. The SMILES string of the molecule is CC(C)(C)C(=O)CCc1ccc(OCc2ccc(F)cc2)cc1. The maximum atomic E-state index is 12.8. The Balaban J connectivity index is 1.84. The molecule has 2 nitrogen and oxygen atoms in total. The molecule has 2 rings (SSSR count). The van der Waals surface area contributed by atoms with Crippen molar-refractivity contribution in [1.29, 1.82) is 0 Å². The summed E-state index contributed by atoms with van der Waals surface area (Å²) in [5.41, 5.74) is 1.76. The zero-order valence-electron chi connectivity index (χ0n) is 13.9. The minimum absolute atomic E-state index is 0.247. The smallest absolute Gasteiger partial charge is 0.138 e. The van der Waals surface area contributed by atoms with Gasteiger partial charge < -0.3 is 4.74 Å². The summed E-state index contributed by atoms with van der Waals surface area (Å²) < 4.78 is 18.5. The van der Waals surface area contributed by atoms with Crippen LogP contribution in [0, 0.1) is 11.2 Å². The lowest BCUT2D eigenvalue weighted by Crippen LogP contribution is -2.20. The largest absolute Gasteiger partial charge is 0.489 e. The molecule has 0 atom stereocenters. The predicted molar refractivity (Wildman–Crippen MR) is 90.0 cm³/mol. The highest BCUT2D eigenvalue weighted by atomic mass is 19.1. The Hall–Kier alpha value is -2.16. The number of halogens is 1. The monoisotopic (exact) mass is 314 g/mol. The van der Waals surface area contributed by atoms with E-state index in [1.165, 1.54) is 12.1 Å². The molecule has 0 amide bonds. The van der Waals surface area contributed by atoms with Gasteiger partial charge >= 0.3 is 0 Å². The van der Waals surface area contributed by atoms with E-state index in [4.69, 9.17) is 4.74 Å². The van der Waals surface area contributed by atoms with Gasteiger partial charge in [0.05, 0.1) is 0 Å². The first-order valence-corrected chi connectivity index (χ1v) is 7.84. The molecule has 0 aliphatic heterocycles. The van der Waals surface area contributed by atoms with Crippen molar-refractivity contribution in [3.8, 4) is 5.75 Å². The Morgan fingerprint density at radius 3 is 2.09 bits per heavy atom. The Morgan fingerprint density at radius 1 is 0.957 bits per heavy atom. The first kappa shape index (κ1) is 17.2. The predicted octanol–water partition coefficient (Wildman–Crippen LogP) is 4.95. The van der Waals surface area contributed by atoms with Crippen molar-refractivity contribution in [2.75, 3.05) is 0 Å². The van der Waals surface area contributed by atoms with Gasteiger partial charge in [0.25, 0.3) is 0 Å². The molecule has 3 heteroatoms. The number of ketones is 1. The summed E-state index contributed by atoms with van der Waals surface area (Å²) in [6, 6.07) is 14.0. The van der Waals surface area contributed by atoms with Crippen molar-refractivity contribution in [1.82, 2.24) is 0 Å². The van der Waals surface area contributed by atoms with E-state index in [0.29, 0.717) is 13.0 Å². The van der Waals surface area contributed by atoms with E-state index in [-0.39, 0.29) is 17.0 Å². The van der Waals surface area contributed by atoms with E-state index in [1.807, 2.05) is 45.0 Å². The van der Waals surface area contributed by atoms with Crippen molar-refractivity contribution in [2.45, 2.75) is 40.2 Å². The molecule has 23 heavy (non-hydrogen) atoms. The quantitative estimate of drug-likeness (QED) is 0.754. The van der Waals surface area contributed by atoms with Gasteiger partial charge in [-0.3, -0.25) is 4.79 Å². The van der Waals surface area contributed by atoms with Crippen molar-refractivity contribution in [3.63, 3.8) is 0 Å². The number of Topliss-reactive ketones (excluding diaryl/α,β-unsaturated/α-hetero) is 1. The molecule has 0 unspecified atom stereocenters. The van der Waals surface area contributed by atoms with Crippen LogP contribution in [0.3, 0.4) is 0 Å². The van der Waals surface area contributed by atoms with Crippen LogP contribution in [-0.2, 0) is 17.8 Å². The fraction of sp³-hybridized carbons (Fsp3) is 0.350. The third-order valence-corrected chi connectivity index (χ3v) is 3.72. The number of rotatable bonds is 6. The molecule has 0 saturated carbocycles. The Morgan fingerprint density at radius 2 is 1.52 bits per heavy atom. The molecule has 0 saturated heterocycles. The van der Waals surface area contributed by atoms with Crippen LogP contribution in [0.4, 0.5) is 4.39 Å². The van der Waals surface area contributed by atoms with Gasteiger partial charge in [-0.15, -0.1) is 0 Å². The first-order valence-electron chi connectivity index (χ1n) is 7.84. The molecule has 0 aliphatic rings. The van der Waals surface area contributed by atoms with E-state index in [0.717, 1.165) is 23.3 Å². The summed E-state index contributed by atoms with van der Waals surface area (Å²) in [5, 5.41) is 0. The van der Waals surface area contributed by atoms with Gasteiger partial charge in [0.1, 0.15) is 24.0 Å². The van der Waals surface area contributed by atoms with Crippen molar-refractivity contribution in [2.24, 2.45) is 5.41 Å². The van der Waals surface area contributed by atoms with Crippen LogP contribution < -0.4 is 4.74 Å². The number of ether oxygens (including phenoxy) is 1. The highest BCUT2D eigenvalue weighted by molar-refractivity contribution is 5.83. The third kappa shape index (κ3) is 5.51. The van der Waals surface area contributed by atoms with Crippen LogP contribution in [0.1, 0.15) is 38.3 Å². The molecule has 122 valence electrons. The molecule has 0 heterocycles. The number of benzene rings is 2. The summed E-state index contributed by atoms with van der Waals surface area (Å²) in [5.74, 6) is 0.789. The van der Waals surface area contributed by atoms with E-state index in [2.05, 4.69) is 0 Å². The molecule has 0 radical (unpaired) electrons. The zero-order valence-corrected chi connectivity index (χ0v) is 13.9. The highest BCUT2D eigenvalue weighted by Gasteiger charge is 2.20. The van der Waals surface area contributed by atoms with Gasteiger partial charge in [0.2, 0.25) is 0 Å². The normalized spacial score (nSPS) is 11.3. The van der Waals surface area contributed by atoms with Gasteiger partial charge in [-0.05, 0) is 41.8 Å². The number of hydrogen-bond acceptors (Lipinski definition) is 2. The van der Waals surface area contributed by atoms with Gasteiger partial charge in [0.15, 0.2) is 0 Å². The van der Waals surface area contributed by atoms with E-state index >= 15 is 0 Å². The number of aryl methyl sites for hydroxylation is 1. The molecule has 2 aromatic rings. The van der Waals surface area contributed by atoms with Gasteiger partial charge in [-0.1, -0.05) is 45.0 Å². The van der Waals surface area contributed by atoms with Crippen LogP contribution in [0.25, 0.3) is 0 Å².